The lowest BCUT2D eigenvalue weighted by molar-refractivity contribution is -0.145. The minimum Gasteiger partial charge on any atom is -0.459 e. The van der Waals surface area contributed by atoms with Gasteiger partial charge in [-0.1, -0.05) is 60.7 Å². The molecule has 0 radical (unpaired) electrons. The third kappa shape index (κ3) is 3.70. The fourth-order valence-corrected chi connectivity index (χ4v) is 2.10. The Hall–Kier alpha value is -3.35. The number of rotatable bonds is 6. The number of benzene rings is 2. The summed E-state index contributed by atoms with van der Waals surface area (Å²) in [7, 11) is 0. The highest BCUT2D eigenvalue weighted by molar-refractivity contribution is 6.06. The van der Waals surface area contributed by atoms with Crippen LogP contribution in [0, 0.1) is 0 Å². The van der Waals surface area contributed by atoms with Crippen molar-refractivity contribution >= 4 is 11.8 Å². The van der Waals surface area contributed by atoms with E-state index in [2.05, 4.69) is 15.5 Å². The van der Waals surface area contributed by atoms with Crippen molar-refractivity contribution in [3.63, 3.8) is 0 Å². The van der Waals surface area contributed by atoms with E-state index >= 15 is 0 Å². The van der Waals surface area contributed by atoms with E-state index < -0.39 is 5.97 Å². The van der Waals surface area contributed by atoms with Crippen LogP contribution in [0.4, 0.5) is 0 Å². The molecule has 0 aliphatic carbocycles. The molecule has 120 valence electrons. The van der Waals surface area contributed by atoms with E-state index in [1.807, 2.05) is 30.3 Å². The molecule has 0 atom stereocenters. The van der Waals surface area contributed by atoms with Gasteiger partial charge in [-0.3, -0.25) is 9.59 Å². The molecule has 0 aliphatic heterocycles. The number of hydrogen-bond donors (Lipinski definition) is 0. The van der Waals surface area contributed by atoms with Crippen LogP contribution in [0.2, 0.25) is 0 Å². The number of tetrazole rings is 1. The van der Waals surface area contributed by atoms with Gasteiger partial charge in [0.25, 0.3) is 0 Å². The number of ether oxygens (including phenoxy) is 1. The Morgan fingerprint density at radius 3 is 2.33 bits per heavy atom. The summed E-state index contributed by atoms with van der Waals surface area (Å²) in [6, 6.07) is 17.9. The van der Waals surface area contributed by atoms with Crippen LogP contribution in [0.1, 0.15) is 21.7 Å². The third-order valence-electron chi connectivity index (χ3n) is 3.29. The molecule has 0 N–H and O–H groups in total. The van der Waals surface area contributed by atoms with Crippen LogP contribution in [0.3, 0.4) is 0 Å². The topological polar surface area (TPSA) is 87.0 Å². The van der Waals surface area contributed by atoms with E-state index in [0.717, 1.165) is 10.2 Å². The molecule has 7 heteroatoms. The van der Waals surface area contributed by atoms with E-state index in [1.54, 1.807) is 30.3 Å². The molecular formula is C17H14N4O3. The second-order valence-electron chi connectivity index (χ2n) is 5.00. The SMILES string of the molecule is O=C(Cn1nnnc1C(=O)c1ccccc1)OCc1ccccc1. The predicted octanol–water partition coefficient (Wildman–Crippen LogP) is 1.65. The number of carbonyl (C=O) groups is 2. The van der Waals surface area contributed by atoms with E-state index in [4.69, 9.17) is 4.74 Å². The first-order valence-electron chi connectivity index (χ1n) is 7.29. The fourth-order valence-electron chi connectivity index (χ4n) is 2.10. The molecule has 3 rings (SSSR count). The summed E-state index contributed by atoms with van der Waals surface area (Å²) >= 11 is 0. The largest absolute Gasteiger partial charge is 0.459 e. The second kappa shape index (κ2) is 7.28. The predicted molar refractivity (Wildman–Crippen MR) is 83.9 cm³/mol. The highest BCUT2D eigenvalue weighted by Crippen LogP contribution is 2.07. The third-order valence-corrected chi connectivity index (χ3v) is 3.29. The maximum atomic E-state index is 12.4. The lowest BCUT2D eigenvalue weighted by atomic mass is 10.1. The zero-order valence-electron chi connectivity index (χ0n) is 12.7. The quantitative estimate of drug-likeness (QED) is 0.506. The molecule has 0 bridgehead atoms. The minimum absolute atomic E-state index is 0.00198. The first-order valence-corrected chi connectivity index (χ1v) is 7.29. The first-order chi connectivity index (χ1) is 11.7. The molecule has 1 heterocycles. The second-order valence-corrected chi connectivity index (χ2v) is 5.00. The maximum absolute atomic E-state index is 12.4. The standard InChI is InChI=1S/C17H14N4O3/c22-15(24-12-13-7-3-1-4-8-13)11-21-17(18-19-20-21)16(23)14-9-5-2-6-10-14/h1-10H,11-12H2. The zero-order chi connectivity index (χ0) is 16.8. The van der Waals surface area contributed by atoms with Gasteiger partial charge in [-0.15, -0.1) is 5.10 Å². The summed E-state index contributed by atoms with van der Waals surface area (Å²) in [6.07, 6.45) is 0. The molecule has 0 saturated carbocycles. The smallest absolute Gasteiger partial charge is 0.328 e. The molecule has 0 spiro atoms. The summed E-state index contributed by atoms with van der Waals surface area (Å²) in [5.41, 5.74) is 1.33. The van der Waals surface area contributed by atoms with Crippen molar-refractivity contribution in [2.45, 2.75) is 13.2 Å². The minimum atomic E-state index is -0.520. The van der Waals surface area contributed by atoms with Gasteiger partial charge in [0.1, 0.15) is 13.2 Å². The lowest BCUT2D eigenvalue weighted by Crippen LogP contribution is -2.19. The van der Waals surface area contributed by atoms with Gasteiger partial charge in [0, 0.05) is 5.56 Å². The first kappa shape index (κ1) is 15.5. The highest BCUT2D eigenvalue weighted by Gasteiger charge is 2.19. The van der Waals surface area contributed by atoms with Gasteiger partial charge < -0.3 is 4.74 Å². The van der Waals surface area contributed by atoms with Crippen molar-refractivity contribution in [3.8, 4) is 0 Å². The summed E-state index contributed by atoms with van der Waals surface area (Å²) < 4.78 is 6.32. The van der Waals surface area contributed by atoms with Crippen LogP contribution in [0.5, 0.6) is 0 Å². The van der Waals surface area contributed by atoms with Crippen molar-refractivity contribution in [1.82, 2.24) is 20.2 Å². The molecule has 0 saturated heterocycles. The van der Waals surface area contributed by atoms with Crippen LogP contribution < -0.4 is 0 Å². The van der Waals surface area contributed by atoms with Crippen molar-refractivity contribution < 1.29 is 14.3 Å². The molecule has 3 aromatic rings. The molecule has 0 amide bonds. The van der Waals surface area contributed by atoms with E-state index in [9.17, 15) is 9.59 Å². The number of nitrogens with zero attached hydrogens (tertiary/aromatic N) is 4. The van der Waals surface area contributed by atoms with Crippen LogP contribution in [-0.4, -0.2) is 32.0 Å². The van der Waals surface area contributed by atoms with Gasteiger partial charge >= 0.3 is 5.97 Å². The van der Waals surface area contributed by atoms with Crippen LogP contribution in [-0.2, 0) is 22.7 Å². The Balaban J connectivity index is 1.65. The average Bonchev–Trinajstić information content (AvgIpc) is 3.09. The molecule has 24 heavy (non-hydrogen) atoms. The van der Waals surface area contributed by atoms with Gasteiger partial charge in [-0.25, -0.2) is 4.68 Å². The van der Waals surface area contributed by atoms with Gasteiger partial charge in [0.15, 0.2) is 0 Å². The summed E-state index contributed by atoms with van der Waals surface area (Å²) in [5, 5.41) is 10.9. The molecule has 2 aromatic carbocycles. The Labute approximate surface area is 137 Å². The van der Waals surface area contributed by atoms with Crippen LogP contribution in [0.25, 0.3) is 0 Å². The van der Waals surface area contributed by atoms with Crippen molar-refractivity contribution in [2.24, 2.45) is 0 Å². The van der Waals surface area contributed by atoms with Gasteiger partial charge in [-0.2, -0.15) is 0 Å². The summed E-state index contributed by atoms with van der Waals surface area (Å²) in [5.74, 6) is -0.873. The normalized spacial score (nSPS) is 10.3. The molecule has 1 aromatic heterocycles. The molecule has 0 unspecified atom stereocenters. The monoisotopic (exact) mass is 322 g/mol. The molecule has 0 aliphatic rings. The molecule has 7 nitrogen and oxygen atoms in total. The number of ketones is 1. The van der Waals surface area contributed by atoms with Crippen molar-refractivity contribution in [3.05, 3.63) is 77.6 Å². The van der Waals surface area contributed by atoms with Crippen molar-refractivity contribution in [2.75, 3.05) is 0 Å². The number of esters is 1. The van der Waals surface area contributed by atoms with Gasteiger partial charge in [-0.05, 0) is 16.0 Å². The number of carbonyl (C=O) groups excluding carboxylic acids is 2. The summed E-state index contributed by atoms with van der Waals surface area (Å²) in [6.45, 7) is -0.0719. The van der Waals surface area contributed by atoms with Crippen LogP contribution in [0.15, 0.2) is 60.7 Å². The van der Waals surface area contributed by atoms with E-state index in [-0.39, 0.29) is 24.8 Å². The Morgan fingerprint density at radius 1 is 0.958 bits per heavy atom. The number of hydrogen-bond acceptors (Lipinski definition) is 6. The Kier molecular flexibility index (Phi) is 4.71. The number of aromatic nitrogens is 4. The molecular weight excluding hydrogens is 308 g/mol. The fraction of sp³-hybridized carbons (Fsp3) is 0.118. The zero-order valence-corrected chi connectivity index (χ0v) is 12.7. The van der Waals surface area contributed by atoms with Crippen LogP contribution >= 0.6 is 0 Å². The molecule has 0 fully saturated rings. The van der Waals surface area contributed by atoms with E-state index in [1.165, 1.54) is 0 Å². The van der Waals surface area contributed by atoms with Gasteiger partial charge in [0.2, 0.25) is 11.6 Å². The Morgan fingerprint density at radius 2 is 1.62 bits per heavy atom. The van der Waals surface area contributed by atoms with E-state index in [0.29, 0.717) is 5.56 Å². The Bertz CT molecular complexity index is 831. The summed E-state index contributed by atoms with van der Waals surface area (Å²) in [4.78, 5) is 24.3. The van der Waals surface area contributed by atoms with Gasteiger partial charge in [0.05, 0.1) is 0 Å². The van der Waals surface area contributed by atoms with Crippen molar-refractivity contribution in [1.29, 1.82) is 0 Å². The average molecular weight is 322 g/mol. The lowest BCUT2D eigenvalue weighted by Gasteiger charge is -2.06. The maximum Gasteiger partial charge on any atom is 0.328 e. The highest BCUT2D eigenvalue weighted by atomic mass is 16.5.